The Labute approximate surface area is 159 Å². The number of rotatable bonds is 7. The van der Waals surface area contributed by atoms with E-state index < -0.39 is 21.6 Å². The van der Waals surface area contributed by atoms with E-state index in [0.29, 0.717) is 25.1 Å². The van der Waals surface area contributed by atoms with E-state index in [2.05, 4.69) is 11.6 Å². The minimum absolute atomic E-state index is 0.101. The van der Waals surface area contributed by atoms with Gasteiger partial charge in [0.2, 0.25) is 15.9 Å². The van der Waals surface area contributed by atoms with Crippen molar-refractivity contribution < 1.29 is 17.6 Å². The first-order chi connectivity index (χ1) is 12.9. The van der Waals surface area contributed by atoms with Crippen LogP contribution in [0.25, 0.3) is 0 Å². The van der Waals surface area contributed by atoms with Crippen LogP contribution in [0.1, 0.15) is 37.3 Å². The molecule has 0 radical (unpaired) electrons. The maximum absolute atomic E-state index is 13.7. The van der Waals surface area contributed by atoms with Crippen LogP contribution in [-0.2, 0) is 27.0 Å². The number of fused-ring (bicyclic) bond motifs is 1. The molecule has 0 fully saturated rings. The lowest BCUT2D eigenvalue weighted by atomic mass is 10.00. The SMILES string of the molecule is CCCCN1C(=O)CCc2cc(NS(=O)(=O)Cc3ccccc3F)ccc21. The molecule has 1 N–H and O–H groups in total. The standard InChI is InChI=1S/C20H23FN2O3S/c1-2-3-12-23-19-10-9-17(13-15(19)8-11-20(23)24)22-27(25,26)14-16-6-4-5-7-18(16)21/h4-7,9-10,13,22H,2-3,8,11-12,14H2,1H3. The van der Waals surface area contributed by atoms with Gasteiger partial charge in [-0.1, -0.05) is 31.5 Å². The number of sulfonamides is 1. The number of nitrogens with one attached hydrogen (secondary N) is 1. The van der Waals surface area contributed by atoms with Gasteiger partial charge in [0.1, 0.15) is 5.82 Å². The Morgan fingerprint density at radius 1 is 1.15 bits per heavy atom. The smallest absolute Gasteiger partial charge is 0.237 e. The molecule has 1 amide bonds. The molecule has 2 aromatic carbocycles. The second-order valence-electron chi connectivity index (χ2n) is 6.69. The van der Waals surface area contributed by atoms with E-state index in [-0.39, 0.29) is 11.5 Å². The molecule has 0 aliphatic carbocycles. The Morgan fingerprint density at radius 3 is 2.67 bits per heavy atom. The third-order valence-corrected chi connectivity index (χ3v) is 5.83. The van der Waals surface area contributed by atoms with Crippen LogP contribution in [0.2, 0.25) is 0 Å². The van der Waals surface area contributed by atoms with Gasteiger partial charge >= 0.3 is 0 Å². The van der Waals surface area contributed by atoms with Crippen molar-refractivity contribution in [2.24, 2.45) is 0 Å². The number of aryl methyl sites for hydroxylation is 1. The second-order valence-corrected chi connectivity index (χ2v) is 8.42. The van der Waals surface area contributed by atoms with Crippen molar-refractivity contribution in [3.63, 3.8) is 0 Å². The molecule has 27 heavy (non-hydrogen) atoms. The quantitative estimate of drug-likeness (QED) is 0.781. The molecule has 1 aliphatic rings. The minimum atomic E-state index is -3.75. The highest BCUT2D eigenvalue weighted by Gasteiger charge is 2.24. The van der Waals surface area contributed by atoms with Crippen LogP contribution in [0.5, 0.6) is 0 Å². The van der Waals surface area contributed by atoms with Gasteiger partial charge < -0.3 is 4.90 Å². The molecule has 1 aliphatic heterocycles. The maximum Gasteiger partial charge on any atom is 0.237 e. The highest BCUT2D eigenvalue weighted by atomic mass is 32.2. The van der Waals surface area contributed by atoms with Gasteiger partial charge in [-0.25, -0.2) is 12.8 Å². The van der Waals surface area contributed by atoms with E-state index in [1.54, 1.807) is 29.2 Å². The summed E-state index contributed by atoms with van der Waals surface area (Å²) in [4.78, 5) is 14.0. The van der Waals surface area contributed by atoms with E-state index in [9.17, 15) is 17.6 Å². The predicted octanol–water partition coefficient (Wildman–Crippen LogP) is 3.85. The van der Waals surface area contributed by atoms with Crippen molar-refractivity contribution in [3.8, 4) is 0 Å². The zero-order valence-corrected chi connectivity index (χ0v) is 16.1. The molecule has 1 heterocycles. The second kappa shape index (κ2) is 8.08. The summed E-state index contributed by atoms with van der Waals surface area (Å²) in [7, 11) is -3.75. The summed E-state index contributed by atoms with van der Waals surface area (Å²) in [6.07, 6.45) is 2.91. The molecular weight excluding hydrogens is 367 g/mol. The van der Waals surface area contributed by atoms with Crippen molar-refractivity contribution >= 4 is 27.3 Å². The fraction of sp³-hybridized carbons (Fsp3) is 0.350. The number of unbranched alkanes of at least 4 members (excludes halogenated alkanes) is 1. The van der Waals surface area contributed by atoms with Crippen LogP contribution >= 0.6 is 0 Å². The number of carbonyl (C=O) groups excluding carboxylic acids is 1. The van der Waals surface area contributed by atoms with E-state index in [4.69, 9.17) is 0 Å². The number of anilines is 2. The van der Waals surface area contributed by atoms with Gasteiger partial charge in [-0.2, -0.15) is 0 Å². The van der Waals surface area contributed by atoms with Crippen LogP contribution in [-0.4, -0.2) is 20.9 Å². The molecular formula is C20H23FN2O3S. The van der Waals surface area contributed by atoms with E-state index >= 15 is 0 Å². The van der Waals surface area contributed by atoms with Crippen molar-refractivity contribution in [2.75, 3.05) is 16.2 Å². The largest absolute Gasteiger partial charge is 0.312 e. The number of nitrogens with zero attached hydrogens (tertiary/aromatic N) is 1. The van der Waals surface area contributed by atoms with Crippen molar-refractivity contribution in [3.05, 3.63) is 59.4 Å². The third kappa shape index (κ3) is 4.66. The summed E-state index contributed by atoms with van der Waals surface area (Å²) in [5.41, 5.74) is 2.34. The van der Waals surface area contributed by atoms with Gasteiger partial charge in [-0.3, -0.25) is 9.52 Å². The summed E-state index contributed by atoms with van der Waals surface area (Å²) in [5.74, 6) is -0.875. The first-order valence-electron chi connectivity index (χ1n) is 9.07. The Bertz CT molecular complexity index is 944. The van der Waals surface area contributed by atoms with Crippen LogP contribution in [0.3, 0.4) is 0 Å². The number of carbonyl (C=O) groups is 1. The predicted molar refractivity (Wildman–Crippen MR) is 105 cm³/mol. The number of hydrogen-bond donors (Lipinski definition) is 1. The van der Waals surface area contributed by atoms with Crippen LogP contribution in [0.4, 0.5) is 15.8 Å². The van der Waals surface area contributed by atoms with Crippen LogP contribution < -0.4 is 9.62 Å². The topological polar surface area (TPSA) is 66.5 Å². The first-order valence-corrected chi connectivity index (χ1v) is 10.7. The van der Waals surface area contributed by atoms with Gasteiger partial charge in [0.05, 0.1) is 5.75 Å². The lowest BCUT2D eigenvalue weighted by molar-refractivity contribution is -0.118. The minimum Gasteiger partial charge on any atom is -0.312 e. The molecule has 0 spiro atoms. The number of amides is 1. The van der Waals surface area contributed by atoms with Crippen LogP contribution in [0, 0.1) is 5.82 Å². The molecule has 0 saturated carbocycles. The normalized spacial score (nSPS) is 14.1. The number of halogens is 1. The summed E-state index contributed by atoms with van der Waals surface area (Å²) in [6.45, 7) is 2.74. The van der Waals surface area contributed by atoms with Crippen LogP contribution in [0.15, 0.2) is 42.5 Å². The zero-order valence-electron chi connectivity index (χ0n) is 15.2. The summed E-state index contributed by atoms with van der Waals surface area (Å²) in [6, 6.07) is 11.0. The molecule has 5 nitrogen and oxygen atoms in total. The van der Waals surface area contributed by atoms with Crippen molar-refractivity contribution in [1.82, 2.24) is 0 Å². The monoisotopic (exact) mass is 390 g/mol. The average Bonchev–Trinajstić information content (AvgIpc) is 2.62. The molecule has 0 unspecified atom stereocenters. The maximum atomic E-state index is 13.7. The molecule has 0 atom stereocenters. The Hall–Kier alpha value is -2.41. The molecule has 144 valence electrons. The highest BCUT2D eigenvalue weighted by Crippen LogP contribution is 2.31. The molecule has 0 saturated heterocycles. The zero-order chi connectivity index (χ0) is 19.4. The van der Waals surface area contributed by atoms with Crippen molar-refractivity contribution in [1.29, 1.82) is 0 Å². The third-order valence-electron chi connectivity index (χ3n) is 4.59. The number of benzene rings is 2. The summed E-state index contributed by atoms with van der Waals surface area (Å²) >= 11 is 0. The molecule has 7 heteroatoms. The fourth-order valence-corrected chi connectivity index (χ4v) is 4.42. The summed E-state index contributed by atoms with van der Waals surface area (Å²) < 4.78 is 41.1. The van der Waals surface area contributed by atoms with Gasteiger partial charge in [0.15, 0.2) is 0 Å². The van der Waals surface area contributed by atoms with E-state index in [1.807, 2.05) is 0 Å². The summed E-state index contributed by atoms with van der Waals surface area (Å²) in [5, 5.41) is 0. The van der Waals surface area contributed by atoms with Gasteiger partial charge in [-0.15, -0.1) is 0 Å². The van der Waals surface area contributed by atoms with Gasteiger partial charge in [-0.05, 0) is 42.7 Å². The average molecular weight is 390 g/mol. The van der Waals surface area contributed by atoms with E-state index in [1.165, 1.54) is 18.2 Å². The Kier molecular flexibility index (Phi) is 5.79. The fourth-order valence-electron chi connectivity index (χ4n) is 3.22. The lowest BCUT2D eigenvalue weighted by Gasteiger charge is -2.29. The Balaban J connectivity index is 1.79. The first kappa shape index (κ1) is 19.4. The van der Waals surface area contributed by atoms with Crippen molar-refractivity contribution in [2.45, 2.75) is 38.4 Å². The Morgan fingerprint density at radius 2 is 1.93 bits per heavy atom. The van der Waals surface area contributed by atoms with Gasteiger partial charge in [0.25, 0.3) is 0 Å². The highest BCUT2D eigenvalue weighted by molar-refractivity contribution is 7.91. The lowest BCUT2D eigenvalue weighted by Crippen LogP contribution is -2.35. The molecule has 0 aromatic heterocycles. The molecule has 0 bridgehead atoms. The van der Waals surface area contributed by atoms with E-state index in [0.717, 1.165) is 24.1 Å². The number of hydrogen-bond acceptors (Lipinski definition) is 3. The van der Waals surface area contributed by atoms with Gasteiger partial charge in [0, 0.05) is 29.9 Å². The molecule has 3 rings (SSSR count). The molecule has 2 aromatic rings.